The van der Waals surface area contributed by atoms with Gasteiger partial charge in [0.2, 0.25) is 0 Å². The predicted molar refractivity (Wildman–Crippen MR) is 96.6 cm³/mol. The third-order valence-electron chi connectivity index (χ3n) is 5.18. The van der Waals surface area contributed by atoms with Crippen LogP contribution < -0.4 is 9.47 Å². The van der Waals surface area contributed by atoms with Gasteiger partial charge >= 0.3 is 0 Å². The highest BCUT2D eigenvalue weighted by atomic mass is 16.5. The standard InChI is InChI=1S/C19H26N4O3/c1-24-14-11-15(19-20-18(21-22-19)13-7-8-13)23(12-14)9-10-26-17-6-4-3-5-16(17)25-2/h3-6,13-15H,7-12H2,1-2H3,(H,20,21,22)/t14-,15+/m1/s1. The summed E-state index contributed by atoms with van der Waals surface area (Å²) in [5.74, 6) is 3.99. The van der Waals surface area contributed by atoms with E-state index in [1.807, 2.05) is 24.3 Å². The van der Waals surface area contributed by atoms with Gasteiger partial charge in [-0.2, -0.15) is 5.10 Å². The molecule has 1 saturated heterocycles. The number of benzene rings is 1. The van der Waals surface area contributed by atoms with E-state index in [2.05, 4.69) is 15.1 Å². The largest absolute Gasteiger partial charge is 0.493 e. The third-order valence-corrected chi connectivity index (χ3v) is 5.18. The summed E-state index contributed by atoms with van der Waals surface area (Å²) in [5, 5.41) is 7.56. The smallest absolute Gasteiger partial charge is 0.161 e. The fraction of sp³-hybridized carbons (Fsp3) is 0.579. The van der Waals surface area contributed by atoms with Gasteiger partial charge in [-0.25, -0.2) is 4.98 Å². The number of rotatable bonds is 8. The van der Waals surface area contributed by atoms with Crippen molar-refractivity contribution in [3.8, 4) is 11.5 Å². The molecule has 2 heterocycles. The molecule has 1 N–H and O–H groups in total. The summed E-state index contributed by atoms with van der Waals surface area (Å²) in [6.45, 7) is 2.24. The van der Waals surface area contributed by atoms with Crippen LogP contribution in [0.1, 0.15) is 42.9 Å². The molecule has 0 radical (unpaired) electrons. The summed E-state index contributed by atoms with van der Waals surface area (Å²) >= 11 is 0. The van der Waals surface area contributed by atoms with Gasteiger partial charge in [-0.1, -0.05) is 12.1 Å². The van der Waals surface area contributed by atoms with Crippen LogP contribution in [-0.4, -0.2) is 60.1 Å². The molecule has 0 spiro atoms. The molecule has 7 nitrogen and oxygen atoms in total. The second kappa shape index (κ2) is 7.63. The van der Waals surface area contributed by atoms with Gasteiger partial charge in [0.1, 0.15) is 12.4 Å². The lowest BCUT2D eigenvalue weighted by Crippen LogP contribution is -2.30. The quantitative estimate of drug-likeness (QED) is 0.782. The van der Waals surface area contributed by atoms with Gasteiger partial charge in [0.05, 0.1) is 19.3 Å². The molecule has 0 bridgehead atoms. The Bertz CT molecular complexity index is 731. The number of aromatic amines is 1. The maximum atomic E-state index is 5.94. The van der Waals surface area contributed by atoms with Crippen LogP contribution in [0.15, 0.2) is 24.3 Å². The number of nitrogens with one attached hydrogen (secondary N) is 1. The average molecular weight is 358 g/mol. The van der Waals surface area contributed by atoms with Crippen LogP contribution >= 0.6 is 0 Å². The number of aromatic nitrogens is 3. The topological polar surface area (TPSA) is 72.5 Å². The van der Waals surface area contributed by atoms with Gasteiger partial charge in [0, 0.05) is 26.1 Å². The minimum Gasteiger partial charge on any atom is -0.493 e. The molecule has 1 aromatic heterocycles. The maximum absolute atomic E-state index is 5.94. The van der Waals surface area contributed by atoms with Crippen LogP contribution in [0.25, 0.3) is 0 Å². The molecule has 2 aromatic rings. The highest BCUT2D eigenvalue weighted by Gasteiger charge is 2.36. The van der Waals surface area contributed by atoms with E-state index >= 15 is 0 Å². The van der Waals surface area contributed by atoms with Crippen molar-refractivity contribution in [1.82, 2.24) is 20.1 Å². The van der Waals surface area contributed by atoms with Crippen molar-refractivity contribution in [3.63, 3.8) is 0 Å². The number of para-hydroxylation sites is 2. The first-order valence-electron chi connectivity index (χ1n) is 9.23. The first-order chi connectivity index (χ1) is 12.8. The zero-order chi connectivity index (χ0) is 17.9. The molecule has 1 aliphatic heterocycles. The fourth-order valence-corrected chi connectivity index (χ4v) is 3.54. The molecule has 1 aromatic carbocycles. The number of likely N-dealkylation sites (tertiary alicyclic amines) is 1. The van der Waals surface area contributed by atoms with E-state index in [0.29, 0.717) is 12.5 Å². The van der Waals surface area contributed by atoms with Crippen LogP contribution in [0.4, 0.5) is 0 Å². The highest BCUT2D eigenvalue weighted by molar-refractivity contribution is 5.39. The molecule has 2 atom stereocenters. The average Bonchev–Trinajstić information content (AvgIpc) is 3.26. The molecule has 2 aliphatic rings. The molecular weight excluding hydrogens is 332 g/mol. The van der Waals surface area contributed by atoms with Crippen LogP contribution in [0.5, 0.6) is 11.5 Å². The van der Waals surface area contributed by atoms with E-state index in [4.69, 9.17) is 19.2 Å². The molecule has 2 fully saturated rings. The Balaban J connectivity index is 1.39. The summed E-state index contributed by atoms with van der Waals surface area (Å²) in [6, 6.07) is 7.92. The Hall–Kier alpha value is -2.12. The van der Waals surface area contributed by atoms with E-state index < -0.39 is 0 Å². The van der Waals surface area contributed by atoms with Gasteiger partial charge in [-0.3, -0.25) is 10.00 Å². The summed E-state index contributed by atoms with van der Waals surface area (Å²) in [4.78, 5) is 7.10. The normalized spacial score (nSPS) is 23.3. The van der Waals surface area contributed by atoms with Crippen molar-refractivity contribution in [2.45, 2.75) is 37.3 Å². The van der Waals surface area contributed by atoms with Crippen molar-refractivity contribution in [2.75, 3.05) is 33.9 Å². The maximum Gasteiger partial charge on any atom is 0.161 e. The molecular formula is C19H26N4O3. The SMILES string of the molecule is COc1ccccc1OCCN1C[C@H](OC)C[C@H]1c1nc(C2CC2)n[nH]1. The second-order valence-corrected chi connectivity index (χ2v) is 6.96. The molecule has 1 saturated carbocycles. The monoisotopic (exact) mass is 358 g/mol. The minimum atomic E-state index is 0.196. The number of hydrogen-bond donors (Lipinski definition) is 1. The Morgan fingerprint density at radius 1 is 1.19 bits per heavy atom. The van der Waals surface area contributed by atoms with Gasteiger partial charge in [0.25, 0.3) is 0 Å². The van der Waals surface area contributed by atoms with Crippen molar-refractivity contribution < 1.29 is 14.2 Å². The Kier molecular flexibility index (Phi) is 5.08. The zero-order valence-electron chi connectivity index (χ0n) is 15.4. The van der Waals surface area contributed by atoms with Crippen LogP contribution in [-0.2, 0) is 4.74 Å². The number of methoxy groups -OCH3 is 2. The molecule has 0 unspecified atom stereocenters. The van der Waals surface area contributed by atoms with Crippen molar-refractivity contribution in [1.29, 1.82) is 0 Å². The lowest BCUT2D eigenvalue weighted by Gasteiger charge is -2.22. The van der Waals surface area contributed by atoms with E-state index in [0.717, 1.165) is 42.7 Å². The van der Waals surface area contributed by atoms with E-state index in [1.165, 1.54) is 12.8 Å². The molecule has 1 aliphatic carbocycles. The first-order valence-corrected chi connectivity index (χ1v) is 9.23. The highest BCUT2D eigenvalue weighted by Crippen LogP contribution is 2.39. The van der Waals surface area contributed by atoms with E-state index in [-0.39, 0.29) is 12.1 Å². The Labute approximate surface area is 153 Å². The lowest BCUT2D eigenvalue weighted by atomic mass is 10.2. The Morgan fingerprint density at radius 3 is 2.73 bits per heavy atom. The number of ether oxygens (including phenoxy) is 3. The summed E-state index contributed by atoms with van der Waals surface area (Å²) in [7, 11) is 3.43. The molecule has 26 heavy (non-hydrogen) atoms. The van der Waals surface area contributed by atoms with Crippen molar-refractivity contribution in [2.24, 2.45) is 0 Å². The number of H-pyrrole nitrogens is 1. The van der Waals surface area contributed by atoms with Gasteiger partial charge in [-0.15, -0.1) is 0 Å². The molecule has 7 heteroatoms. The van der Waals surface area contributed by atoms with E-state index in [1.54, 1.807) is 14.2 Å². The van der Waals surface area contributed by atoms with Crippen molar-refractivity contribution >= 4 is 0 Å². The number of hydrogen-bond acceptors (Lipinski definition) is 6. The third kappa shape index (κ3) is 3.68. The minimum absolute atomic E-state index is 0.196. The zero-order valence-corrected chi connectivity index (χ0v) is 15.4. The van der Waals surface area contributed by atoms with Gasteiger partial charge in [0.15, 0.2) is 17.3 Å². The van der Waals surface area contributed by atoms with Crippen LogP contribution in [0, 0.1) is 0 Å². The van der Waals surface area contributed by atoms with Crippen LogP contribution in [0.3, 0.4) is 0 Å². The summed E-state index contributed by atoms with van der Waals surface area (Å²) < 4.78 is 16.9. The van der Waals surface area contributed by atoms with Crippen molar-refractivity contribution in [3.05, 3.63) is 35.9 Å². The first kappa shape index (κ1) is 17.3. The van der Waals surface area contributed by atoms with Crippen LogP contribution in [0.2, 0.25) is 0 Å². The van der Waals surface area contributed by atoms with Gasteiger partial charge in [-0.05, 0) is 31.4 Å². The van der Waals surface area contributed by atoms with Gasteiger partial charge < -0.3 is 14.2 Å². The van der Waals surface area contributed by atoms with E-state index in [9.17, 15) is 0 Å². The number of nitrogens with zero attached hydrogens (tertiary/aromatic N) is 3. The lowest BCUT2D eigenvalue weighted by molar-refractivity contribution is 0.105. The Morgan fingerprint density at radius 2 is 2.00 bits per heavy atom. The summed E-state index contributed by atoms with van der Waals surface area (Å²) in [6.07, 6.45) is 3.55. The summed E-state index contributed by atoms with van der Waals surface area (Å²) in [5.41, 5.74) is 0. The molecule has 140 valence electrons. The predicted octanol–water partition coefficient (Wildman–Crippen LogP) is 2.53. The molecule has 4 rings (SSSR count). The fourth-order valence-electron chi connectivity index (χ4n) is 3.54. The second-order valence-electron chi connectivity index (χ2n) is 6.96. The molecule has 0 amide bonds.